The number of hydrogen-bond donors (Lipinski definition) is 0. The quantitative estimate of drug-likeness (QED) is 0.515. The Balaban J connectivity index is 3.16. The van der Waals surface area contributed by atoms with Gasteiger partial charge in [-0.2, -0.15) is 4.39 Å². The summed E-state index contributed by atoms with van der Waals surface area (Å²) in [5.41, 5.74) is 0.355. The molecule has 1 heterocycles. The first kappa shape index (κ1) is 7.34. The molecule has 0 aromatic carbocycles. The second kappa shape index (κ2) is 2.88. The van der Waals surface area contributed by atoms with Gasteiger partial charge in [0.2, 0.25) is 5.95 Å². The standard InChI is InChI=1S/C6H3BrFNO/c7-5-1-4(3-10)2-9-6(5)8/h1-3H. The van der Waals surface area contributed by atoms with Gasteiger partial charge in [0.15, 0.2) is 6.29 Å². The molecule has 0 N–H and O–H groups in total. The zero-order chi connectivity index (χ0) is 7.56. The molecule has 0 aliphatic heterocycles. The lowest BCUT2D eigenvalue weighted by Gasteiger charge is -1.91. The first-order valence-corrected chi connectivity index (χ1v) is 3.29. The largest absolute Gasteiger partial charge is 0.298 e. The van der Waals surface area contributed by atoms with E-state index in [2.05, 4.69) is 20.9 Å². The van der Waals surface area contributed by atoms with Crippen molar-refractivity contribution >= 4 is 22.2 Å². The fourth-order valence-corrected chi connectivity index (χ4v) is 0.867. The molecule has 1 rings (SSSR count). The summed E-state index contributed by atoms with van der Waals surface area (Å²) in [6.45, 7) is 0. The van der Waals surface area contributed by atoms with Crippen molar-refractivity contribution in [3.05, 3.63) is 28.2 Å². The van der Waals surface area contributed by atoms with E-state index in [4.69, 9.17) is 0 Å². The lowest BCUT2D eigenvalue weighted by Crippen LogP contribution is -1.87. The number of aromatic nitrogens is 1. The van der Waals surface area contributed by atoms with Gasteiger partial charge in [-0.15, -0.1) is 0 Å². The minimum absolute atomic E-state index is 0.206. The number of halogens is 2. The smallest absolute Gasteiger partial charge is 0.227 e. The van der Waals surface area contributed by atoms with Crippen molar-refractivity contribution in [1.82, 2.24) is 4.98 Å². The van der Waals surface area contributed by atoms with Gasteiger partial charge in [-0.25, -0.2) is 4.98 Å². The van der Waals surface area contributed by atoms with E-state index in [1.54, 1.807) is 0 Å². The Morgan fingerprint density at radius 2 is 2.40 bits per heavy atom. The number of pyridine rings is 1. The molecule has 0 saturated heterocycles. The van der Waals surface area contributed by atoms with E-state index < -0.39 is 5.95 Å². The average molecular weight is 204 g/mol. The summed E-state index contributed by atoms with van der Waals surface area (Å²) in [7, 11) is 0. The first-order chi connectivity index (χ1) is 4.74. The zero-order valence-corrected chi connectivity index (χ0v) is 6.43. The van der Waals surface area contributed by atoms with Crippen molar-refractivity contribution in [3.63, 3.8) is 0 Å². The predicted octanol–water partition coefficient (Wildman–Crippen LogP) is 1.80. The summed E-state index contributed by atoms with van der Waals surface area (Å²) >= 11 is 2.89. The molecule has 0 radical (unpaired) electrons. The maximum absolute atomic E-state index is 12.4. The van der Waals surface area contributed by atoms with Crippen LogP contribution in [0.15, 0.2) is 16.7 Å². The van der Waals surface area contributed by atoms with E-state index in [0.29, 0.717) is 11.8 Å². The SMILES string of the molecule is O=Cc1cnc(F)c(Br)c1. The van der Waals surface area contributed by atoms with Gasteiger partial charge in [-0.05, 0) is 22.0 Å². The Bertz CT molecular complexity index is 264. The molecule has 0 bridgehead atoms. The predicted molar refractivity (Wildman–Crippen MR) is 37.3 cm³/mol. The number of nitrogens with zero attached hydrogens (tertiary/aromatic N) is 1. The maximum atomic E-state index is 12.4. The Morgan fingerprint density at radius 3 is 2.90 bits per heavy atom. The van der Waals surface area contributed by atoms with Gasteiger partial charge in [-0.3, -0.25) is 4.79 Å². The van der Waals surface area contributed by atoms with Crippen LogP contribution < -0.4 is 0 Å². The van der Waals surface area contributed by atoms with E-state index in [1.807, 2.05) is 0 Å². The molecular formula is C6H3BrFNO. The van der Waals surface area contributed by atoms with Crippen LogP contribution in [0.25, 0.3) is 0 Å². The molecule has 0 atom stereocenters. The molecule has 0 unspecified atom stereocenters. The van der Waals surface area contributed by atoms with Crippen LogP contribution in [0, 0.1) is 5.95 Å². The summed E-state index contributed by atoms with van der Waals surface area (Å²) in [4.78, 5) is 13.4. The Morgan fingerprint density at radius 1 is 1.70 bits per heavy atom. The van der Waals surface area contributed by atoms with Crippen LogP contribution in [0.1, 0.15) is 10.4 Å². The van der Waals surface area contributed by atoms with Gasteiger partial charge < -0.3 is 0 Å². The Labute approximate surface area is 65.2 Å². The molecule has 4 heteroatoms. The van der Waals surface area contributed by atoms with Gasteiger partial charge in [0, 0.05) is 11.8 Å². The third kappa shape index (κ3) is 1.39. The van der Waals surface area contributed by atoms with Gasteiger partial charge in [0.05, 0.1) is 4.47 Å². The van der Waals surface area contributed by atoms with E-state index in [9.17, 15) is 9.18 Å². The molecule has 0 aliphatic carbocycles. The lowest BCUT2D eigenvalue weighted by atomic mass is 10.3. The summed E-state index contributed by atoms with van der Waals surface area (Å²) in [5.74, 6) is -0.606. The molecule has 52 valence electrons. The highest BCUT2D eigenvalue weighted by Gasteiger charge is 1.99. The summed E-state index contributed by atoms with van der Waals surface area (Å²) < 4.78 is 12.6. The highest BCUT2D eigenvalue weighted by molar-refractivity contribution is 9.10. The Hall–Kier alpha value is -0.770. The second-order valence-corrected chi connectivity index (χ2v) is 2.51. The third-order valence-electron chi connectivity index (χ3n) is 0.954. The topological polar surface area (TPSA) is 30.0 Å². The number of aldehydes is 1. The average Bonchev–Trinajstić information content (AvgIpc) is 1.95. The van der Waals surface area contributed by atoms with E-state index in [0.717, 1.165) is 0 Å². The van der Waals surface area contributed by atoms with Crippen molar-refractivity contribution in [2.24, 2.45) is 0 Å². The van der Waals surface area contributed by atoms with Crippen molar-refractivity contribution < 1.29 is 9.18 Å². The van der Waals surface area contributed by atoms with Crippen LogP contribution in [-0.2, 0) is 0 Å². The van der Waals surface area contributed by atoms with Crippen LogP contribution in [0.2, 0.25) is 0 Å². The van der Waals surface area contributed by atoms with Crippen LogP contribution in [-0.4, -0.2) is 11.3 Å². The van der Waals surface area contributed by atoms with E-state index in [1.165, 1.54) is 12.3 Å². The second-order valence-electron chi connectivity index (χ2n) is 1.66. The number of carbonyl (C=O) groups is 1. The number of hydrogen-bond acceptors (Lipinski definition) is 2. The zero-order valence-electron chi connectivity index (χ0n) is 4.84. The van der Waals surface area contributed by atoms with Gasteiger partial charge >= 0.3 is 0 Å². The molecule has 0 aliphatic rings. The molecule has 10 heavy (non-hydrogen) atoms. The fraction of sp³-hybridized carbons (Fsp3) is 0. The number of carbonyl (C=O) groups excluding carboxylic acids is 1. The minimum atomic E-state index is -0.606. The maximum Gasteiger partial charge on any atom is 0.227 e. The van der Waals surface area contributed by atoms with Gasteiger partial charge in [-0.1, -0.05) is 0 Å². The van der Waals surface area contributed by atoms with Crippen LogP contribution in [0.4, 0.5) is 4.39 Å². The molecule has 1 aromatic rings. The molecular weight excluding hydrogens is 201 g/mol. The molecule has 2 nitrogen and oxygen atoms in total. The van der Waals surface area contributed by atoms with Crippen molar-refractivity contribution in [2.75, 3.05) is 0 Å². The monoisotopic (exact) mass is 203 g/mol. The number of rotatable bonds is 1. The molecule has 0 spiro atoms. The lowest BCUT2D eigenvalue weighted by molar-refractivity contribution is 0.112. The highest BCUT2D eigenvalue weighted by atomic mass is 79.9. The van der Waals surface area contributed by atoms with Gasteiger partial charge in [0.25, 0.3) is 0 Å². The minimum Gasteiger partial charge on any atom is -0.298 e. The normalized spacial score (nSPS) is 9.40. The summed E-state index contributed by atoms with van der Waals surface area (Å²) in [5, 5.41) is 0. The first-order valence-electron chi connectivity index (χ1n) is 2.50. The van der Waals surface area contributed by atoms with Crippen molar-refractivity contribution in [2.45, 2.75) is 0 Å². The van der Waals surface area contributed by atoms with E-state index in [-0.39, 0.29) is 4.47 Å². The molecule has 0 saturated carbocycles. The van der Waals surface area contributed by atoms with Crippen LogP contribution in [0.5, 0.6) is 0 Å². The van der Waals surface area contributed by atoms with Crippen molar-refractivity contribution in [1.29, 1.82) is 0 Å². The molecule has 1 aromatic heterocycles. The molecule has 0 fully saturated rings. The van der Waals surface area contributed by atoms with Crippen LogP contribution in [0.3, 0.4) is 0 Å². The Kier molecular flexibility index (Phi) is 2.11. The summed E-state index contributed by atoms with van der Waals surface area (Å²) in [6.07, 6.45) is 1.78. The highest BCUT2D eigenvalue weighted by Crippen LogP contribution is 2.12. The van der Waals surface area contributed by atoms with Crippen molar-refractivity contribution in [3.8, 4) is 0 Å². The van der Waals surface area contributed by atoms with Crippen LogP contribution >= 0.6 is 15.9 Å². The fourth-order valence-electron chi connectivity index (χ4n) is 0.500. The summed E-state index contributed by atoms with van der Waals surface area (Å²) in [6, 6.07) is 1.37. The van der Waals surface area contributed by atoms with Gasteiger partial charge in [0.1, 0.15) is 0 Å². The third-order valence-corrected chi connectivity index (χ3v) is 1.51. The molecule has 0 amide bonds. The van der Waals surface area contributed by atoms with E-state index >= 15 is 0 Å².